The Morgan fingerprint density at radius 1 is 1.38 bits per heavy atom. The highest BCUT2D eigenvalue weighted by Gasteiger charge is 2.30. The van der Waals surface area contributed by atoms with Crippen LogP contribution in [-0.4, -0.2) is 26.4 Å². The second kappa shape index (κ2) is 7.38. The van der Waals surface area contributed by atoms with Gasteiger partial charge in [-0.05, 0) is 42.5 Å². The van der Waals surface area contributed by atoms with Gasteiger partial charge in [0.2, 0.25) is 5.91 Å². The summed E-state index contributed by atoms with van der Waals surface area (Å²) >= 11 is 8.70. The first-order valence-electron chi connectivity index (χ1n) is 7.98. The van der Waals surface area contributed by atoms with Crippen molar-refractivity contribution < 1.29 is 9.18 Å². The van der Waals surface area contributed by atoms with Crippen LogP contribution in [0.4, 0.5) is 10.1 Å². The molecule has 2 heterocycles. The molecule has 1 amide bonds. The van der Waals surface area contributed by atoms with E-state index < -0.39 is 5.82 Å². The van der Waals surface area contributed by atoms with Gasteiger partial charge in [0, 0.05) is 11.7 Å². The smallest absolute Gasteiger partial charge is 0.234 e. The van der Waals surface area contributed by atoms with Crippen LogP contribution >= 0.6 is 34.7 Å². The minimum absolute atomic E-state index is 0.0236. The van der Waals surface area contributed by atoms with Crippen LogP contribution in [0.15, 0.2) is 40.9 Å². The van der Waals surface area contributed by atoms with Gasteiger partial charge in [-0.3, -0.25) is 9.36 Å². The standard InChI is InChI=1S/C17H14ClFN4OS2/c18-12-8-10(3-6-13(12)19)20-15(24)9-26-17-22-21-16(14-2-1-7-25-14)23(17)11-4-5-11/h1-3,6-8,11H,4-5,9H2,(H,20,24). The van der Waals surface area contributed by atoms with Crippen molar-refractivity contribution in [2.45, 2.75) is 24.0 Å². The van der Waals surface area contributed by atoms with Gasteiger partial charge in [-0.15, -0.1) is 21.5 Å². The number of hydrogen-bond donors (Lipinski definition) is 1. The van der Waals surface area contributed by atoms with Crippen molar-refractivity contribution in [3.05, 3.63) is 46.6 Å². The number of carbonyl (C=O) groups is 1. The number of anilines is 1. The predicted octanol–water partition coefficient (Wildman–Crippen LogP) is 4.86. The maximum atomic E-state index is 13.2. The number of carbonyl (C=O) groups excluding carboxylic acids is 1. The molecule has 0 radical (unpaired) electrons. The van der Waals surface area contributed by atoms with Crippen LogP contribution in [0.3, 0.4) is 0 Å². The average molecular weight is 409 g/mol. The van der Waals surface area contributed by atoms with Gasteiger partial charge in [0.25, 0.3) is 0 Å². The minimum Gasteiger partial charge on any atom is -0.325 e. The van der Waals surface area contributed by atoms with Gasteiger partial charge in [-0.2, -0.15) is 0 Å². The molecule has 1 N–H and O–H groups in total. The SMILES string of the molecule is O=C(CSc1nnc(-c2cccs2)n1C1CC1)Nc1ccc(F)c(Cl)c1. The molecule has 3 aromatic rings. The third-order valence-electron chi connectivity index (χ3n) is 3.85. The van der Waals surface area contributed by atoms with Crippen molar-refractivity contribution in [1.82, 2.24) is 14.8 Å². The fourth-order valence-corrected chi connectivity index (χ4v) is 4.20. The molecule has 0 atom stereocenters. The Morgan fingerprint density at radius 2 is 2.23 bits per heavy atom. The molecule has 1 saturated carbocycles. The zero-order valence-electron chi connectivity index (χ0n) is 13.5. The second-order valence-corrected chi connectivity index (χ2v) is 8.15. The van der Waals surface area contributed by atoms with E-state index in [-0.39, 0.29) is 16.7 Å². The molecule has 0 bridgehead atoms. The Morgan fingerprint density at radius 3 is 2.92 bits per heavy atom. The highest BCUT2D eigenvalue weighted by Crippen LogP contribution is 2.41. The molecule has 1 aliphatic rings. The first kappa shape index (κ1) is 17.5. The van der Waals surface area contributed by atoms with Crippen LogP contribution in [-0.2, 0) is 4.79 Å². The molecule has 0 aliphatic heterocycles. The van der Waals surface area contributed by atoms with E-state index in [0.29, 0.717) is 11.7 Å². The lowest BCUT2D eigenvalue weighted by Gasteiger charge is -2.08. The van der Waals surface area contributed by atoms with E-state index in [2.05, 4.69) is 20.1 Å². The third kappa shape index (κ3) is 3.77. The summed E-state index contributed by atoms with van der Waals surface area (Å²) in [5.74, 6) is 0.318. The Bertz CT molecular complexity index is 940. The van der Waals surface area contributed by atoms with E-state index in [1.165, 1.54) is 30.0 Å². The van der Waals surface area contributed by atoms with Crippen molar-refractivity contribution in [1.29, 1.82) is 0 Å². The summed E-state index contributed by atoms with van der Waals surface area (Å²) in [4.78, 5) is 13.3. The largest absolute Gasteiger partial charge is 0.325 e. The van der Waals surface area contributed by atoms with Gasteiger partial charge < -0.3 is 5.32 Å². The Kier molecular flexibility index (Phi) is 4.97. The van der Waals surface area contributed by atoms with Crippen LogP contribution < -0.4 is 5.32 Å². The number of benzene rings is 1. The maximum absolute atomic E-state index is 13.2. The lowest BCUT2D eigenvalue weighted by Crippen LogP contribution is -2.14. The van der Waals surface area contributed by atoms with E-state index in [9.17, 15) is 9.18 Å². The summed E-state index contributed by atoms with van der Waals surface area (Å²) in [5, 5.41) is 14.0. The van der Waals surface area contributed by atoms with E-state index in [4.69, 9.17) is 11.6 Å². The summed E-state index contributed by atoms with van der Waals surface area (Å²) in [6.45, 7) is 0. The topological polar surface area (TPSA) is 59.8 Å². The van der Waals surface area contributed by atoms with Crippen molar-refractivity contribution in [2.75, 3.05) is 11.1 Å². The minimum atomic E-state index is -0.516. The zero-order valence-corrected chi connectivity index (χ0v) is 15.9. The summed E-state index contributed by atoms with van der Waals surface area (Å²) in [6.07, 6.45) is 2.20. The van der Waals surface area contributed by atoms with Crippen molar-refractivity contribution in [2.24, 2.45) is 0 Å². The summed E-state index contributed by atoms with van der Waals surface area (Å²) in [6, 6.07) is 8.50. The molecule has 4 rings (SSSR count). The molecule has 0 unspecified atom stereocenters. The monoisotopic (exact) mass is 408 g/mol. The number of amides is 1. The molecule has 9 heteroatoms. The zero-order chi connectivity index (χ0) is 18.1. The molecule has 0 saturated heterocycles. The number of aromatic nitrogens is 3. The fourth-order valence-electron chi connectivity index (χ4n) is 2.51. The van der Waals surface area contributed by atoms with Crippen molar-refractivity contribution in [3.8, 4) is 10.7 Å². The molecule has 134 valence electrons. The number of halogens is 2. The van der Waals surface area contributed by atoms with Crippen LogP contribution in [0, 0.1) is 5.82 Å². The van der Waals surface area contributed by atoms with E-state index >= 15 is 0 Å². The molecule has 2 aromatic heterocycles. The quantitative estimate of drug-likeness (QED) is 0.591. The van der Waals surface area contributed by atoms with Gasteiger partial charge in [-0.25, -0.2) is 4.39 Å². The molecular weight excluding hydrogens is 395 g/mol. The summed E-state index contributed by atoms with van der Waals surface area (Å²) < 4.78 is 15.3. The Hall–Kier alpha value is -1.90. The summed E-state index contributed by atoms with van der Waals surface area (Å²) in [7, 11) is 0. The average Bonchev–Trinajstić information content (AvgIpc) is 3.15. The number of rotatable bonds is 6. The number of thiophene rings is 1. The van der Waals surface area contributed by atoms with Gasteiger partial charge >= 0.3 is 0 Å². The summed E-state index contributed by atoms with van der Waals surface area (Å²) in [5.41, 5.74) is 0.463. The molecule has 26 heavy (non-hydrogen) atoms. The van der Waals surface area contributed by atoms with E-state index in [0.717, 1.165) is 28.7 Å². The van der Waals surface area contributed by atoms with Gasteiger partial charge in [-0.1, -0.05) is 29.4 Å². The lowest BCUT2D eigenvalue weighted by molar-refractivity contribution is -0.113. The normalized spacial score (nSPS) is 13.8. The van der Waals surface area contributed by atoms with Crippen LogP contribution in [0.25, 0.3) is 10.7 Å². The highest BCUT2D eigenvalue weighted by molar-refractivity contribution is 7.99. The van der Waals surface area contributed by atoms with Gasteiger partial charge in [0.15, 0.2) is 11.0 Å². The number of thioether (sulfide) groups is 1. The van der Waals surface area contributed by atoms with E-state index in [1.54, 1.807) is 11.3 Å². The predicted molar refractivity (Wildman–Crippen MR) is 102 cm³/mol. The lowest BCUT2D eigenvalue weighted by atomic mass is 10.3. The van der Waals surface area contributed by atoms with Crippen LogP contribution in [0.2, 0.25) is 5.02 Å². The van der Waals surface area contributed by atoms with Crippen LogP contribution in [0.1, 0.15) is 18.9 Å². The molecular formula is C17H14ClFN4OS2. The van der Waals surface area contributed by atoms with Crippen molar-refractivity contribution >= 4 is 46.3 Å². The second-order valence-electron chi connectivity index (χ2n) is 5.85. The molecule has 5 nitrogen and oxygen atoms in total. The highest BCUT2D eigenvalue weighted by atomic mass is 35.5. The number of nitrogens with one attached hydrogen (secondary N) is 1. The fraction of sp³-hybridized carbons (Fsp3) is 0.235. The molecule has 0 spiro atoms. The van der Waals surface area contributed by atoms with Crippen LogP contribution in [0.5, 0.6) is 0 Å². The van der Waals surface area contributed by atoms with Crippen molar-refractivity contribution in [3.63, 3.8) is 0 Å². The number of nitrogens with zero attached hydrogens (tertiary/aromatic N) is 3. The third-order valence-corrected chi connectivity index (χ3v) is 5.95. The Balaban J connectivity index is 1.44. The Labute approximate surface area is 162 Å². The van der Waals surface area contributed by atoms with Gasteiger partial charge in [0.1, 0.15) is 5.82 Å². The first-order chi connectivity index (χ1) is 12.6. The molecule has 1 aliphatic carbocycles. The molecule has 1 fully saturated rings. The maximum Gasteiger partial charge on any atom is 0.234 e. The molecule has 1 aromatic carbocycles. The first-order valence-corrected chi connectivity index (χ1v) is 10.2. The van der Waals surface area contributed by atoms with E-state index in [1.807, 2.05) is 17.5 Å². The number of hydrogen-bond acceptors (Lipinski definition) is 5. The van der Waals surface area contributed by atoms with Gasteiger partial charge in [0.05, 0.1) is 15.7 Å².